The Bertz CT molecular complexity index is 2080. The normalized spacial score (nSPS) is 13.3. The van der Waals surface area contributed by atoms with Gasteiger partial charge in [0.25, 0.3) is 0 Å². The fourth-order valence-corrected chi connectivity index (χ4v) is 7.29. The summed E-state index contributed by atoms with van der Waals surface area (Å²) in [7, 11) is 0. The van der Waals surface area contributed by atoms with Crippen LogP contribution in [0.5, 0.6) is 0 Å². The quantitative estimate of drug-likeness (QED) is 0.0193. The summed E-state index contributed by atoms with van der Waals surface area (Å²) in [5.74, 6) is -10.8. The van der Waals surface area contributed by atoms with Gasteiger partial charge in [0, 0.05) is 48.0 Å². The topological polar surface area (TPSA) is 254 Å². The second-order valence-electron chi connectivity index (χ2n) is 17.4. The molecule has 0 heterocycles. The smallest absolute Gasteiger partial charge is 0.333 e. The lowest BCUT2D eigenvalue weighted by Crippen LogP contribution is -2.49. The molecule has 0 aromatic carbocycles. The predicted molar refractivity (Wildman–Crippen MR) is 267 cm³/mol. The molecule has 0 aromatic heterocycles. The van der Waals surface area contributed by atoms with Gasteiger partial charge in [-0.3, -0.25) is 28.8 Å². The Morgan fingerprint density at radius 3 is 0.808 bits per heavy atom. The Hall–Kier alpha value is -6.66. The third-order valence-electron chi connectivity index (χ3n) is 11.9. The molecular formula is C54H78O19. The molecular weight excluding hydrogens is 953 g/mol. The van der Waals surface area contributed by atoms with Crippen molar-refractivity contribution in [1.82, 2.24) is 0 Å². The Kier molecular flexibility index (Phi) is 28.8. The van der Waals surface area contributed by atoms with E-state index in [0.29, 0.717) is 17.6 Å². The summed E-state index contributed by atoms with van der Waals surface area (Å²) in [4.78, 5) is 138. The van der Waals surface area contributed by atoms with Crippen LogP contribution in [0.3, 0.4) is 0 Å². The fraction of sp³-hybridized carbons (Fsp3) is 0.593. The van der Waals surface area contributed by atoms with Crippen molar-refractivity contribution < 1.29 is 90.6 Å². The summed E-state index contributed by atoms with van der Waals surface area (Å²) in [6.07, 6.45) is -3.20. The summed E-state index contributed by atoms with van der Waals surface area (Å²) in [6, 6.07) is 0. The van der Waals surface area contributed by atoms with Crippen LogP contribution in [0.1, 0.15) is 127 Å². The zero-order valence-electron chi connectivity index (χ0n) is 44.7. The summed E-state index contributed by atoms with van der Waals surface area (Å²) in [5.41, 5.74) is -9.40. The molecule has 0 N–H and O–H groups in total. The van der Waals surface area contributed by atoms with Gasteiger partial charge < -0.3 is 42.6 Å². The van der Waals surface area contributed by atoms with Crippen LogP contribution in [0.15, 0.2) is 72.9 Å². The summed E-state index contributed by atoms with van der Waals surface area (Å²) < 4.78 is 49.0. The number of hydrogen-bond acceptors (Lipinski definition) is 19. The van der Waals surface area contributed by atoms with Crippen LogP contribution < -0.4 is 0 Å². The SMILES string of the molecule is C=C(CC)CC(CC(=C)C(=O)OCC)(C(C)=O)C(=O)OCC(CC)(COC(=O)C(CC(=C)CC)(CC(=C)C(=O)OCC)C(=O)OCC)COC(=O)C(CC(=C)C(=O)OCC)(CC(=C)C(=O)OCC)C(=O)OCC. The molecule has 0 aromatic rings. The van der Waals surface area contributed by atoms with E-state index in [1.807, 2.05) is 0 Å². The maximum absolute atomic E-state index is 14.8. The number of carbonyl (C=O) groups excluding carboxylic acids is 10. The van der Waals surface area contributed by atoms with Crippen molar-refractivity contribution in [2.24, 2.45) is 21.7 Å². The molecule has 3 atom stereocenters. The molecule has 0 spiro atoms. The molecule has 73 heavy (non-hydrogen) atoms. The first-order chi connectivity index (χ1) is 34.2. The molecule has 0 bridgehead atoms. The molecule has 0 rings (SSSR count). The van der Waals surface area contributed by atoms with Gasteiger partial charge in [0.2, 0.25) is 0 Å². The van der Waals surface area contributed by atoms with Gasteiger partial charge in [-0.05, 0) is 80.6 Å². The number of ketones is 1. The average molecular weight is 1030 g/mol. The summed E-state index contributed by atoms with van der Waals surface area (Å²) in [5, 5.41) is 0. The van der Waals surface area contributed by atoms with E-state index in [1.165, 1.54) is 34.6 Å². The molecule has 19 heteroatoms. The van der Waals surface area contributed by atoms with Crippen molar-refractivity contribution >= 4 is 59.5 Å². The lowest BCUT2D eigenvalue weighted by Gasteiger charge is -2.37. The predicted octanol–water partition coefficient (Wildman–Crippen LogP) is 7.44. The molecule has 0 aliphatic rings. The summed E-state index contributed by atoms with van der Waals surface area (Å²) in [6.45, 7) is 34.7. The Morgan fingerprint density at radius 1 is 0.329 bits per heavy atom. The summed E-state index contributed by atoms with van der Waals surface area (Å²) >= 11 is 0. The lowest BCUT2D eigenvalue weighted by atomic mass is 9.73. The van der Waals surface area contributed by atoms with Crippen molar-refractivity contribution in [2.75, 3.05) is 59.5 Å². The number of hydrogen-bond donors (Lipinski definition) is 0. The number of ether oxygens (including phenoxy) is 9. The highest BCUT2D eigenvalue weighted by molar-refractivity contribution is 6.06. The van der Waals surface area contributed by atoms with Gasteiger partial charge in [-0.2, -0.15) is 0 Å². The van der Waals surface area contributed by atoms with E-state index in [2.05, 4.69) is 39.5 Å². The largest absolute Gasteiger partial charge is 0.465 e. The molecule has 408 valence electrons. The molecule has 0 aliphatic heterocycles. The van der Waals surface area contributed by atoms with E-state index in [-0.39, 0.29) is 70.0 Å². The molecule has 0 fully saturated rings. The Morgan fingerprint density at radius 2 is 0.562 bits per heavy atom. The van der Waals surface area contributed by atoms with Crippen LogP contribution in [-0.2, 0) is 90.6 Å². The van der Waals surface area contributed by atoms with Crippen molar-refractivity contribution in [3.8, 4) is 0 Å². The molecule has 19 nitrogen and oxygen atoms in total. The minimum atomic E-state index is -2.58. The standard InChI is InChI=1S/C54H78O19/c1-17-35(10)26-52(41(16)55,28-37(12)42(56)65-20-4)46(60)71-32-51(19-3,33-72-49(63)53(27-36(11)18-2,47(61)69-24-8)29-38(13)43(57)66-21-5)34-73-50(64)54(48(62)70-25-9,30-39(14)44(58)67-22-6)31-40(15)45(59)68-23-7/h10-15,17-34H2,1-9,16H3. The minimum absolute atomic E-state index is 0.0419. The van der Waals surface area contributed by atoms with Crippen molar-refractivity contribution in [1.29, 1.82) is 0 Å². The molecule has 0 radical (unpaired) electrons. The zero-order valence-corrected chi connectivity index (χ0v) is 44.7. The van der Waals surface area contributed by atoms with Crippen LogP contribution in [0.2, 0.25) is 0 Å². The van der Waals surface area contributed by atoms with Gasteiger partial charge in [-0.15, -0.1) is 0 Å². The fourth-order valence-electron chi connectivity index (χ4n) is 7.29. The second-order valence-corrected chi connectivity index (χ2v) is 17.4. The molecule has 0 aliphatic carbocycles. The van der Waals surface area contributed by atoms with E-state index in [0.717, 1.165) is 6.92 Å². The van der Waals surface area contributed by atoms with Gasteiger partial charge >= 0.3 is 53.7 Å². The van der Waals surface area contributed by atoms with Crippen LogP contribution >= 0.6 is 0 Å². The van der Waals surface area contributed by atoms with E-state index in [4.69, 9.17) is 42.6 Å². The molecule has 3 unspecified atom stereocenters. The van der Waals surface area contributed by atoms with Crippen LogP contribution in [0.4, 0.5) is 0 Å². The highest BCUT2D eigenvalue weighted by Gasteiger charge is 2.54. The maximum Gasteiger partial charge on any atom is 0.333 e. The van der Waals surface area contributed by atoms with E-state index >= 15 is 0 Å². The molecule has 0 saturated carbocycles. The Balaban J connectivity index is 8.30. The maximum atomic E-state index is 14.8. The second kappa shape index (κ2) is 31.7. The first kappa shape index (κ1) is 66.3. The highest BCUT2D eigenvalue weighted by Crippen LogP contribution is 2.42. The first-order valence-corrected chi connectivity index (χ1v) is 24.3. The van der Waals surface area contributed by atoms with Crippen molar-refractivity contribution in [3.05, 3.63) is 72.9 Å². The van der Waals surface area contributed by atoms with Gasteiger partial charge in [0.05, 0.1) is 45.1 Å². The minimum Gasteiger partial charge on any atom is -0.465 e. The number of esters is 9. The molecule has 0 saturated heterocycles. The van der Waals surface area contributed by atoms with Crippen LogP contribution in [-0.4, -0.2) is 119 Å². The monoisotopic (exact) mass is 1030 g/mol. The van der Waals surface area contributed by atoms with Crippen LogP contribution in [0, 0.1) is 21.7 Å². The van der Waals surface area contributed by atoms with E-state index in [9.17, 15) is 47.9 Å². The lowest BCUT2D eigenvalue weighted by molar-refractivity contribution is -0.181. The zero-order chi connectivity index (χ0) is 56.3. The number of carbonyl (C=O) groups is 10. The van der Waals surface area contributed by atoms with Crippen LogP contribution in [0.25, 0.3) is 0 Å². The number of rotatable bonds is 37. The Labute approximate surface area is 430 Å². The van der Waals surface area contributed by atoms with Gasteiger partial charge in [-0.1, -0.05) is 71.4 Å². The molecule has 0 amide bonds. The van der Waals surface area contributed by atoms with Gasteiger partial charge in [0.1, 0.15) is 31.0 Å². The van der Waals surface area contributed by atoms with Gasteiger partial charge in [0.15, 0.2) is 10.8 Å². The third-order valence-corrected chi connectivity index (χ3v) is 11.9. The average Bonchev–Trinajstić information content (AvgIpc) is 3.34. The first-order valence-electron chi connectivity index (χ1n) is 24.3. The van der Waals surface area contributed by atoms with Crippen molar-refractivity contribution in [3.63, 3.8) is 0 Å². The highest BCUT2D eigenvalue weighted by atomic mass is 16.6. The van der Waals surface area contributed by atoms with E-state index in [1.54, 1.807) is 27.7 Å². The van der Waals surface area contributed by atoms with Crippen molar-refractivity contribution in [2.45, 2.75) is 127 Å². The number of allylic oxidation sites excluding steroid dienone is 2. The van der Waals surface area contributed by atoms with Gasteiger partial charge in [-0.25, -0.2) is 19.2 Å². The number of Topliss-reactive ketones (excluding diaryl/α,β-unsaturated/α-hetero) is 1. The third kappa shape index (κ3) is 18.7. The van der Waals surface area contributed by atoms with E-state index < -0.39 is 144 Å².